The van der Waals surface area contributed by atoms with Crippen molar-refractivity contribution in [3.8, 4) is 5.75 Å². The molecule has 0 aliphatic carbocycles. The second-order valence-corrected chi connectivity index (χ2v) is 8.79. The SMILES string of the molecule is CCCSP(=O)(Oc1ccc([N+](=O)[O-])cc1)N(CC)CC. The van der Waals surface area contributed by atoms with Gasteiger partial charge in [-0.3, -0.25) is 10.1 Å². The predicted molar refractivity (Wildman–Crippen MR) is 87.0 cm³/mol. The average Bonchev–Trinajstić information content (AvgIpc) is 2.47. The Morgan fingerprint density at radius 1 is 1.24 bits per heavy atom. The molecule has 1 aromatic rings. The molecule has 0 heterocycles. The molecule has 0 N–H and O–H groups in total. The minimum atomic E-state index is -3.03. The number of hydrogen-bond donors (Lipinski definition) is 0. The lowest BCUT2D eigenvalue weighted by Crippen LogP contribution is -2.21. The largest absolute Gasteiger partial charge is 0.425 e. The van der Waals surface area contributed by atoms with Gasteiger partial charge in [-0.1, -0.05) is 20.8 Å². The van der Waals surface area contributed by atoms with E-state index in [9.17, 15) is 14.7 Å². The van der Waals surface area contributed by atoms with Gasteiger partial charge in [-0.15, -0.1) is 0 Å². The Hall–Kier alpha value is -1.04. The summed E-state index contributed by atoms with van der Waals surface area (Å²) in [7, 11) is 0. The van der Waals surface area contributed by atoms with Crippen molar-refractivity contribution in [1.29, 1.82) is 0 Å². The molecule has 0 fully saturated rings. The zero-order chi connectivity index (χ0) is 15.9. The van der Waals surface area contributed by atoms with E-state index in [-0.39, 0.29) is 5.69 Å². The molecule has 1 rings (SSSR count). The summed E-state index contributed by atoms with van der Waals surface area (Å²) in [6.45, 7) is 4.10. The summed E-state index contributed by atoms with van der Waals surface area (Å²) in [6, 6.07) is 5.68. The summed E-state index contributed by atoms with van der Waals surface area (Å²) in [6.07, 6.45) is 0.902. The molecule has 0 aliphatic heterocycles. The van der Waals surface area contributed by atoms with E-state index in [1.807, 2.05) is 20.8 Å². The van der Waals surface area contributed by atoms with Gasteiger partial charge in [0, 0.05) is 31.0 Å². The normalized spacial score (nSPS) is 13.9. The first-order valence-electron chi connectivity index (χ1n) is 6.90. The Balaban J connectivity index is 2.94. The lowest BCUT2D eigenvalue weighted by Gasteiger charge is -2.28. The Labute approximate surface area is 129 Å². The summed E-state index contributed by atoms with van der Waals surface area (Å²) in [5, 5.41) is 10.6. The molecule has 118 valence electrons. The van der Waals surface area contributed by atoms with Crippen LogP contribution in [0, 0.1) is 10.1 Å². The molecular weight excluding hydrogens is 311 g/mol. The van der Waals surface area contributed by atoms with Crippen molar-refractivity contribution in [3.63, 3.8) is 0 Å². The first kappa shape index (κ1) is 18.0. The van der Waals surface area contributed by atoms with Crippen molar-refractivity contribution in [1.82, 2.24) is 4.67 Å². The van der Waals surface area contributed by atoms with Gasteiger partial charge in [0.2, 0.25) is 0 Å². The van der Waals surface area contributed by atoms with Crippen molar-refractivity contribution in [2.24, 2.45) is 0 Å². The van der Waals surface area contributed by atoms with Gasteiger partial charge in [-0.2, -0.15) is 0 Å². The molecule has 0 radical (unpaired) electrons. The van der Waals surface area contributed by atoms with Gasteiger partial charge in [0.05, 0.1) is 4.92 Å². The summed E-state index contributed by atoms with van der Waals surface area (Å²) >= 11 is 1.31. The molecule has 0 spiro atoms. The van der Waals surface area contributed by atoms with Crippen LogP contribution < -0.4 is 4.52 Å². The first-order valence-corrected chi connectivity index (χ1v) is 10.1. The molecule has 1 unspecified atom stereocenters. The molecule has 0 aliphatic rings. The van der Waals surface area contributed by atoms with E-state index in [4.69, 9.17) is 4.52 Å². The standard InChI is InChI=1S/C13H21N2O4PS/c1-4-11-21-20(18,14(5-2)6-3)19-13-9-7-12(8-10-13)15(16)17/h7-10H,4-6,11H2,1-3H3. The first-order chi connectivity index (χ1) is 9.96. The van der Waals surface area contributed by atoms with Crippen LogP contribution in [-0.2, 0) is 4.57 Å². The molecule has 8 heteroatoms. The summed E-state index contributed by atoms with van der Waals surface area (Å²) in [5.74, 6) is 1.13. The van der Waals surface area contributed by atoms with E-state index in [0.717, 1.165) is 12.2 Å². The van der Waals surface area contributed by atoms with Crippen LogP contribution in [-0.4, -0.2) is 28.4 Å². The molecule has 0 bridgehead atoms. The Morgan fingerprint density at radius 3 is 2.24 bits per heavy atom. The third-order valence-corrected chi connectivity index (χ3v) is 7.86. The average molecular weight is 332 g/mol. The van der Waals surface area contributed by atoms with Crippen LogP contribution in [0.5, 0.6) is 5.75 Å². The number of nitro groups is 1. The third kappa shape index (κ3) is 5.02. The van der Waals surface area contributed by atoms with E-state index in [1.165, 1.54) is 35.6 Å². The van der Waals surface area contributed by atoms with Crippen molar-refractivity contribution >= 4 is 23.8 Å². The van der Waals surface area contributed by atoms with Gasteiger partial charge in [0.1, 0.15) is 5.75 Å². The molecule has 6 nitrogen and oxygen atoms in total. The fourth-order valence-electron chi connectivity index (χ4n) is 1.70. The Bertz CT molecular complexity index is 505. The van der Waals surface area contributed by atoms with Gasteiger partial charge < -0.3 is 4.52 Å². The summed E-state index contributed by atoms with van der Waals surface area (Å²) in [4.78, 5) is 10.2. The maximum atomic E-state index is 13.1. The highest BCUT2D eigenvalue weighted by Gasteiger charge is 2.32. The minimum absolute atomic E-state index is 0.0127. The van der Waals surface area contributed by atoms with Gasteiger partial charge >= 0.3 is 6.72 Å². The van der Waals surface area contributed by atoms with Gasteiger partial charge in [0.15, 0.2) is 0 Å². The Morgan fingerprint density at radius 2 is 1.81 bits per heavy atom. The van der Waals surface area contributed by atoms with Crippen molar-refractivity contribution in [2.75, 3.05) is 18.8 Å². The molecule has 1 aromatic carbocycles. The van der Waals surface area contributed by atoms with Crippen LogP contribution in [0.1, 0.15) is 27.2 Å². The van der Waals surface area contributed by atoms with Gasteiger partial charge in [-0.25, -0.2) is 9.24 Å². The van der Waals surface area contributed by atoms with E-state index in [0.29, 0.717) is 18.8 Å². The number of benzene rings is 1. The van der Waals surface area contributed by atoms with E-state index in [1.54, 1.807) is 4.67 Å². The Kier molecular flexibility index (Phi) is 7.22. The smallest absolute Gasteiger partial charge is 0.376 e. The lowest BCUT2D eigenvalue weighted by atomic mass is 10.3. The highest BCUT2D eigenvalue weighted by molar-refractivity contribution is 8.55. The van der Waals surface area contributed by atoms with Crippen LogP contribution in [0.2, 0.25) is 0 Å². The summed E-state index contributed by atoms with van der Waals surface area (Å²) in [5.41, 5.74) is -0.0127. The van der Waals surface area contributed by atoms with Crippen molar-refractivity contribution in [2.45, 2.75) is 27.2 Å². The monoisotopic (exact) mass is 332 g/mol. The molecule has 0 amide bonds. The number of rotatable bonds is 9. The summed E-state index contributed by atoms with van der Waals surface area (Å²) < 4.78 is 20.6. The maximum absolute atomic E-state index is 13.1. The fraction of sp³-hybridized carbons (Fsp3) is 0.538. The van der Waals surface area contributed by atoms with Crippen LogP contribution in [0.3, 0.4) is 0 Å². The van der Waals surface area contributed by atoms with E-state index >= 15 is 0 Å². The van der Waals surface area contributed by atoms with Crippen LogP contribution in [0.25, 0.3) is 0 Å². The molecule has 0 saturated heterocycles. The van der Waals surface area contributed by atoms with Crippen molar-refractivity contribution < 1.29 is 14.0 Å². The molecule has 21 heavy (non-hydrogen) atoms. The highest BCUT2D eigenvalue weighted by atomic mass is 32.7. The third-order valence-electron chi connectivity index (χ3n) is 2.80. The fourth-order valence-corrected chi connectivity index (χ4v) is 6.37. The number of nitrogens with zero attached hydrogens (tertiary/aromatic N) is 2. The van der Waals surface area contributed by atoms with Gasteiger partial charge in [0.25, 0.3) is 5.69 Å². The van der Waals surface area contributed by atoms with Gasteiger partial charge in [-0.05, 0) is 29.9 Å². The molecule has 1 atom stereocenters. The highest BCUT2D eigenvalue weighted by Crippen LogP contribution is 2.61. The maximum Gasteiger partial charge on any atom is 0.376 e. The lowest BCUT2D eigenvalue weighted by molar-refractivity contribution is -0.384. The second kappa shape index (κ2) is 8.41. The minimum Gasteiger partial charge on any atom is -0.425 e. The van der Waals surface area contributed by atoms with Crippen molar-refractivity contribution in [3.05, 3.63) is 34.4 Å². The van der Waals surface area contributed by atoms with E-state index in [2.05, 4.69) is 0 Å². The number of non-ortho nitro benzene ring substituents is 1. The zero-order valence-corrected chi connectivity index (χ0v) is 14.2. The molecular formula is C13H21N2O4PS. The predicted octanol–water partition coefficient (Wildman–Crippen LogP) is 4.57. The second-order valence-electron chi connectivity index (χ2n) is 4.28. The topological polar surface area (TPSA) is 72.7 Å². The van der Waals surface area contributed by atoms with Crippen LogP contribution >= 0.6 is 18.1 Å². The molecule has 0 aromatic heterocycles. The molecule has 0 saturated carbocycles. The number of hydrogen-bond acceptors (Lipinski definition) is 5. The van der Waals surface area contributed by atoms with Crippen LogP contribution in [0.15, 0.2) is 24.3 Å². The quantitative estimate of drug-likeness (QED) is 0.375. The number of nitro benzene ring substituents is 1. The van der Waals surface area contributed by atoms with Crippen LogP contribution in [0.4, 0.5) is 5.69 Å². The zero-order valence-electron chi connectivity index (χ0n) is 12.5. The van der Waals surface area contributed by atoms with E-state index < -0.39 is 11.6 Å².